The average molecular weight is 467 g/mol. The van der Waals surface area contributed by atoms with Crippen LogP contribution in [0, 0.1) is 5.92 Å². The van der Waals surface area contributed by atoms with Gasteiger partial charge in [-0.05, 0) is 23.1 Å². The van der Waals surface area contributed by atoms with Crippen LogP contribution in [0.25, 0.3) is 11.4 Å². The van der Waals surface area contributed by atoms with E-state index in [0.29, 0.717) is 23.1 Å². The van der Waals surface area contributed by atoms with Crippen LogP contribution in [0.4, 0.5) is 27.8 Å². The molecule has 1 amide bonds. The fourth-order valence-corrected chi connectivity index (χ4v) is 3.89. The molecule has 1 saturated carbocycles. The number of benzene rings is 1. The van der Waals surface area contributed by atoms with Crippen LogP contribution in [0.3, 0.4) is 0 Å². The number of tetrazole rings is 1. The summed E-state index contributed by atoms with van der Waals surface area (Å²) >= 11 is 0. The lowest BCUT2D eigenvalue weighted by atomic mass is 9.83. The summed E-state index contributed by atoms with van der Waals surface area (Å²) in [6.45, 7) is 0. The normalized spacial score (nSPS) is 18.8. The van der Waals surface area contributed by atoms with Gasteiger partial charge in [0.2, 0.25) is 17.7 Å². The van der Waals surface area contributed by atoms with Crippen molar-refractivity contribution in [3.8, 4) is 11.4 Å². The van der Waals surface area contributed by atoms with Gasteiger partial charge in [0, 0.05) is 18.4 Å². The van der Waals surface area contributed by atoms with Gasteiger partial charge >= 0.3 is 6.18 Å². The van der Waals surface area contributed by atoms with Crippen molar-refractivity contribution in [1.29, 1.82) is 0 Å². The van der Waals surface area contributed by atoms with Gasteiger partial charge in [0.25, 0.3) is 0 Å². The van der Waals surface area contributed by atoms with E-state index in [2.05, 4.69) is 30.7 Å². The number of nitrogens with zero attached hydrogens (tertiary/aromatic N) is 6. The van der Waals surface area contributed by atoms with Crippen LogP contribution in [-0.2, 0) is 18.0 Å². The van der Waals surface area contributed by atoms with Crippen LogP contribution in [0.1, 0.15) is 36.4 Å². The number of hydrogen-bond acceptors (Lipinski definition) is 6. The SMILES string of the molecule is Cn1nnc(-c2ccc([C@@H](C(=O)Nc3cnc(C(F)(F)F)cn3)[C@H]3CCC(F)(F)C3)cc2)n1. The number of carbonyl (C=O) groups excluding carboxylic acids is 1. The van der Waals surface area contributed by atoms with Gasteiger partial charge in [0.15, 0.2) is 11.5 Å². The monoisotopic (exact) mass is 467 g/mol. The summed E-state index contributed by atoms with van der Waals surface area (Å²) in [5.74, 6) is -5.02. The van der Waals surface area contributed by atoms with E-state index in [1.54, 1.807) is 31.3 Å². The predicted octanol–water partition coefficient (Wildman–Crippen LogP) is 3.84. The summed E-state index contributed by atoms with van der Waals surface area (Å²) in [6.07, 6.45) is -4.09. The lowest BCUT2D eigenvalue weighted by molar-refractivity contribution is -0.141. The van der Waals surface area contributed by atoms with Crippen LogP contribution < -0.4 is 5.32 Å². The maximum Gasteiger partial charge on any atom is 0.434 e. The third-order valence-corrected chi connectivity index (χ3v) is 5.43. The molecule has 0 unspecified atom stereocenters. The van der Waals surface area contributed by atoms with Crippen molar-refractivity contribution in [2.24, 2.45) is 13.0 Å². The molecule has 8 nitrogen and oxygen atoms in total. The van der Waals surface area contributed by atoms with Crippen molar-refractivity contribution in [2.45, 2.75) is 37.3 Å². The van der Waals surface area contributed by atoms with E-state index in [1.165, 1.54) is 4.80 Å². The van der Waals surface area contributed by atoms with Crippen LogP contribution in [0.15, 0.2) is 36.7 Å². The lowest BCUT2D eigenvalue weighted by Crippen LogP contribution is -2.28. The summed E-state index contributed by atoms with van der Waals surface area (Å²) in [7, 11) is 1.61. The molecule has 1 N–H and O–H groups in total. The minimum atomic E-state index is -4.67. The van der Waals surface area contributed by atoms with Gasteiger partial charge in [0.1, 0.15) is 0 Å². The second-order valence-electron chi connectivity index (χ2n) is 7.83. The van der Waals surface area contributed by atoms with E-state index >= 15 is 0 Å². The fraction of sp³-hybridized carbons (Fsp3) is 0.400. The Bertz CT molecular complexity index is 1130. The molecule has 1 aromatic carbocycles. The van der Waals surface area contributed by atoms with Gasteiger partial charge in [-0.2, -0.15) is 18.0 Å². The molecule has 0 bridgehead atoms. The number of aryl methyl sites for hydroxylation is 1. The standard InChI is InChI=1S/C20H18F5N7O/c1-32-30-17(29-31-32)12-4-2-11(3-5-12)16(13-6-7-19(21,22)8-13)18(33)28-15-10-26-14(9-27-15)20(23,24)25/h2-5,9-10,13,16H,6-8H2,1H3,(H,27,28,33)/t13-,16+/m0/s1. The largest absolute Gasteiger partial charge is 0.434 e. The first-order valence-electron chi connectivity index (χ1n) is 9.94. The van der Waals surface area contributed by atoms with Crippen molar-refractivity contribution in [3.05, 3.63) is 47.9 Å². The number of rotatable bonds is 5. The molecule has 3 aromatic rings. The van der Waals surface area contributed by atoms with Gasteiger partial charge in [-0.3, -0.25) is 4.79 Å². The van der Waals surface area contributed by atoms with Crippen LogP contribution in [-0.4, -0.2) is 42.0 Å². The van der Waals surface area contributed by atoms with Crippen molar-refractivity contribution in [1.82, 2.24) is 30.2 Å². The molecule has 0 radical (unpaired) electrons. The average Bonchev–Trinajstić information content (AvgIpc) is 3.33. The zero-order valence-electron chi connectivity index (χ0n) is 17.2. The molecule has 1 fully saturated rings. The van der Waals surface area contributed by atoms with Gasteiger partial charge in [-0.1, -0.05) is 24.3 Å². The molecule has 1 aliphatic rings. The van der Waals surface area contributed by atoms with Crippen LogP contribution >= 0.6 is 0 Å². The smallest absolute Gasteiger partial charge is 0.309 e. The van der Waals surface area contributed by atoms with Crippen LogP contribution in [0.2, 0.25) is 0 Å². The third kappa shape index (κ3) is 5.12. The minimum Gasteiger partial charge on any atom is -0.309 e. The zero-order chi connectivity index (χ0) is 23.8. The Morgan fingerprint density at radius 1 is 1.18 bits per heavy atom. The molecule has 0 saturated heterocycles. The first-order valence-corrected chi connectivity index (χ1v) is 9.94. The molecule has 0 spiro atoms. The number of alkyl halides is 5. The van der Waals surface area contributed by atoms with Crippen molar-refractivity contribution in [3.63, 3.8) is 0 Å². The second-order valence-corrected chi connectivity index (χ2v) is 7.83. The maximum atomic E-state index is 13.9. The number of aromatic nitrogens is 6. The molecular weight excluding hydrogens is 449 g/mol. The number of hydrogen-bond donors (Lipinski definition) is 1. The molecule has 0 aliphatic heterocycles. The molecule has 1 aliphatic carbocycles. The van der Waals surface area contributed by atoms with E-state index in [4.69, 9.17) is 0 Å². The highest BCUT2D eigenvalue weighted by atomic mass is 19.4. The quantitative estimate of drug-likeness (QED) is 0.573. The molecule has 2 heterocycles. The van der Waals surface area contributed by atoms with Crippen molar-refractivity contribution >= 4 is 11.7 Å². The number of anilines is 1. The first-order chi connectivity index (χ1) is 15.5. The highest BCUT2D eigenvalue weighted by molar-refractivity contribution is 5.95. The van der Waals surface area contributed by atoms with Gasteiger partial charge in [0.05, 0.1) is 25.4 Å². The molecular formula is C20H18F5N7O. The number of carbonyl (C=O) groups is 1. The van der Waals surface area contributed by atoms with Crippen LogP contribution in [0.5, 0.6) is 0 Å². The van der Waals surface area contributed by atoms with Gasteiger partial charge < -0.3 is 5.32 Å². The highest BCUT2D eigenvalue weighted by Crippen LogP contribution is 2.46. The fourth-order valence-electron chi connectivity index (χ4n) is 3.89. The Morgan fingerprint density at radius 3 is 2.42 bits per heavy atom. The second kappa shape index (κ2) is 8.45. The Hall–Kier alpha value is -3.51. The van der Waals surface area contributed by atoms with E-state index in [0.717, 1.165) is 6.20 Å². The zero-order valence-corrected chi connectivity index (χ0v) is 17.2. The highest BCUT2D eigenvalue weighted by Gasteiger charge is 2.45. The molecule has 4 rings (SSSR count). The maximum absolute atomic E-state index is 13.9. The van der Waals surface area contributed by atoms with E-state index in [1.807, 2.05) is 0 Å². The number of nitrogens with one attached hydrogen (secondary N) is 1. The molecule has 33 heavy (non-hydrogen) atoms. The van der Waals surface area contributed by atoms with Crippen molar-refractivity contribution < 1.29 is 26.7 Å². The predicted molar refractivity (Wildman–Crippen MR) is 105 cm³/mol. The number of amides is 1. The van der Waals surface area contributed by atoms with E-state index in [9.17, 15) is 26.7 Å². The Labute approximate surface area is 184 Å². The molecule has 2 aromatic heterocycles. The lowest BCUT2D eigenvalue weighted by Gasteiger charge is -2.23. The van der Waals surface area contributed by atoms with E-state index < -0.39 is 42.0 Å². The summed E-state index contributed by atoms with van der Waals surface area (Å²) in [6, 6.07) is 6.53. The first kappa shape index (κ1) is 22.7. The molecule has 174 valence electrons. The molecule has 13 heteroatoms. The Kier molecular flexibility index (Phi) is 5.80. The van der Waals surface area contributed by atoms with Gasteiger partial charge in [-0.15, -0.1) is 10.2 Å². The Morgan fingerprint density at radius 2 is 1.91 bits per heavy atom. The minimum absolute atomic E-state index is 0.122. The van der Waals surface area contributed by atoms with E-state index in [-0.39, 0.29) is 18.7 Å². The molecule has 2 atom stereocenters. The summed E-state index contributed by atoms with van der Waals surface area (Å²) in [5.41, 5.74) is -0.111. The number of halogens is 5. The summed E-state index contributed by atoms with van der Waals surface area (Å²) in [5, 5.41) is 14.1. The Balaban J connectivity index is 1.59. The summed E-state index contributed by atoms with van der Waals surface area (Å²) in [4.78, 5) is 21.2. The summed E-state index contributed by atoms with van der Waals surface area (Å²) < 4.78 is 65.9. The van der Waals surface area contributed by atoms with Gasteiger partial charge in [-0.25, -0.2) is 18.7 Å². The van der Waals surface area contributed by atoms with Crippen molar-refractivity contribution in [2.75, 3.05) is 5.32 Å². The third-order valence-electron chi connectivity index (χ3n) is 5.43. The topological polar surface area (TPSA) is 98.5 Å².